The van der Waals surface area contributed by atoms with Gasteiger partial charge < -0.3 is 4.74 Å². The molecule has 2 saturated carbocycles. The maximum absolute atomic E-state index is 14.8. The number of halogens is 3. The molecule has 4 heteroatoms. The molecular formula is C34H43F3O. The smallest absolute Gasteiger partial charge is 0.316 e. The van der Waals surface area contributed by atoms with Crippen molar-refractivity contribution >= 4 is 0 Å². The van der Waals surface area contributed by atoms with Gasteiger partial charge in [-0.1, -0.05) is 48.6 Å². The van der Waals surface area contributed by atoms with E-state index < -0.39 is 17.5 Å². The number of benzene rings is 2. The Labute approximate surface area is 227 Å². The highest BCUT2D eigenvalue weighted by molar-refractivity contribution is 5.30. The molecule has 2 fully saturated rings. The maximum atomic E-state index is 14.8. The highest BCUT2D eigenvalue weighted by atomic mass is 19.3. The van der Waals surface area contributed by atoms with Crippen molar-refractivity contribution in [1.82, 2.24) is 0 Å². The van der Waals surface area contributed by atoms with Crippen molar-refractivity contribution in [2.24, 2.45) is 11.8 Å². The number of allylic oxidation sites excluding steroid dienone is 3. The van der Waals surface area contributed by atoms with Crippen molar-refractivity contribution in [3.63, 3.8) is 0 Å². The third-order valence-corrected chi connectivity index (χ3v) is 8.77. The lowest BCUT2D eigenvalue weighted by atomic mass is 9.77. The van der Waals surface area contributed by atoms with E-state index in [1.165, 1.54) is 43.4 Å². The topological polar surface area (TPSA) is 9.23 Å². The summed E-state index contributed by atoms with van der Waals surface area (Å²) in [6, 6.07) is 12.4. The van der Waals surface area contributed by atoms with Gasteiger partial charge in [0.1, 0.15) is 5.82 Å². The first-order valence-electron chi connectivity index (χ1n) is 14.5. The molecule has 0 amide bonds. The molecule has 0 saturated heterocycles. The Bertz CT molecular complexity index is 1040. The van der Waals surface area contributed by atoms with Gasteiger partial charge in [-0.25, -0.2) is 4.39 Å². The van der Waals surface area contributed by atoms with E-state index in [1.54, 1.807) is 6.07 Å². The zero-order chi connectivity index (χ0) is 27.0. The molecule has 1 nitrogen and oxygen atoms in total. The van der Waals surface area contributed by atoms with Crippen molar-refractivity contribution in [2.75, 3.05) is 6.61 Å². The average Bonchev–Trinajstić information content (AvgIpc) is 2.93. The van der Waals surface area contributed by atoms with Gasteiger partial charge >= 0.3 is 6.11 Å². The average molecular weight is 525 g/mol. The zero-order valence-electron chi connectivity index (χ0n) is 22.8. The monoisotopic (exact) mass is 524 g/mol. The van der Waals surface area contributed by atoms with Gasteiger partial charge in [0.15, 0.2) is 0 Å². The lowest BCUT2D eigenvalue weighted by molar-refractivity contribution is -0.249. The van der Waals surface area contributed by atoms with Crippen LogP contribution < -0.4 is 0 Å². The fourth-order valence-electron chi connectivity index (χ4n) is 6.41. The molecular weight excluding hydrogens is 481 g/mol. The standard InChI is InChI=1S/C34H43F3O/c1-3-5-7-26-10-18-30(19-11-26)31-20-21-32(33(35)24-31)34(36,37)38-23-22-27-12-16-29(17-13-27)28-14-8-25(6-4-2)9-15-28/h3-4,6,12-13,16-17,20-21,24-26,28,30H,1,5,7-11,14-15,18-19,22-23H2,2H3/b6-4+/t25-,26-,28-,30-. The Morgan fingerprint density at radius 2 is 1.53 bits per heavy atom. The van der Waals surface area contributed by atoms with E-state index in [1.807, 2.05) is 18.2 Å². The molecule has 0 radical (unpaired) electrons. The normalized spacial score (nSPS) is 24.5. The van der Waals surface area contributed by atoms with Crippen LogP contribution in [-0.2, 0) is 17.3 Å². The third-order valence-electron chi connectivity index (χ3n) is 8.77. The summed E-state index contributed by atoms with van der Waals surface area (Å²) in [6.07, 6.45) is 14.2. The van der Waals surface area contributed by atoms with Crippen molar-refractivity contribution in [1.29, 1.82) is 0 Å². The van der Waals surface area contributed by atoms with Gasteiger partial charge in [0.2, 0.25) is 0 Å². The number of rotatable bonds is 11. The summed E-state index contributed by atoms with van der Waals surface area (Å²) in [4.78, 5) is 0. The Hall–Kier alpha value is -2.33. The lowest BCUT2D eigenvalue weighted by Crippen LogP contribution is -2.22. The molecule has 2 aliphatic rings. The van der Waals surface area contributed by atoms with Crippen LogP contribution in [0.25, 0.3) is 0 Å². The van der Waals surface area contributed by atoms with Crippen LogP contribution in [-0.4, -0.2) is 6.61 Å². The number of hydrogen-bond donors (Lipinski definition) is 0. The Morgan fingerprint density at radius 3 is 2.16 bits per heavy atom. The van der Waals surface area contributed by atoms with Crippen LogP contribution in [0.1, 0.15) is 105 Å². The van der Waals surface area contributed by atoms with Gasteiger partial charge in [-0.2, -0.15) is 8.78 Å². The maximum Gasteiger partial charge on any atom is 0.386 e. The van der Waals surface area contributed by atoms with Crippen LogP contribution in [0.3, 0.4) is 0 Å². The summed E-state index contributed by atoms with van der Waals surface area (Å²) >= 11 is 0. The van der Waals surface area contributed by atoms with Gasteiger partial charge in [0.05, 0.1) is 12.2 Å². The van der Waals surface area contributed by atoms with E-state index in [2.05, 4.69) is 37.8 Å². The van der Waals surface area contributed by atoms with Crippen molar-refractivity contribution in [2.45, 2.75) is 95.5 Å². The van der Waals surface area contributed by atoms with Crippen molar-refractivity contribution in [3.8, 4) is 0 Å². The van der Waals surface area contributed by atoms with E-state index in [4.69, 9.17) is 4.74 Å². The van der Waals surface area contributed by atoms with E-state index in [-0.39, 0.29) is 12.5 Å². The Kier molecular flexibility index (Phi) is 10.3. The van der Waals surface area contributed by atoms with E-state index in [9.17, 15) is 13.2 Å². The SMILES string of the molecule is C=CCC[C@H]1CC[C@H](c2ccc(C(F)(F)OCCc3ccc([C@H]4CC[C@H](/C=C/C)CC4)cc3)c(F)c2)CC1. The molecule has 0 spiro atoms. The predicted octanol–water partition coefficient (Wildman–Crippen LogP) is 10.2. The molecule has 0 bridgehead atoms. The first-order chi connectivity index (χ1) is 18.4. The number of alkyl halides is 2. The minimum atomic E-state index is -3.66. The summed E-state index contributed by atoms with van der Waals surface area (Å²) < 4.78 is 49.3. The van der Waals surface area contributed by atoms with Gasteiger partial charge in [-0.05, 0) is 130 Å². The molecule has 0 aliphatic heterocycles. The second-order valence-electron chi connectivity index (χ2n) is 11.3. The second kappa shape index (κ2) is 13.6. The molecule has 2 aromatic carbocycles. The van der Waals surface area contributed by atoms with E-state index in [0.717, 1.165) is 49.7 Å². The highest BCUT2D eigenvalue weighted by Gasteiger charge is 2.36. The van der Waals surface area contributed by atoms with Gasteiger partial charge in [0, 0.05) is 0 Å². The fourth-order valence-corrected chi connectivity index (χ4v) is 6.41. The number of ether oxygens (including phenoxy) is 1. The predicted molar refractivity (Wildman–Crippen MR) is 150 cm³/mol. The van der Waals surface area contributed by atoms with E-state index >= 15 is 0 Å². The summed E-state index contributed by atoms with van der Waals surface area (Å²) in [5.74, 6) is 1.31. The molecule has 0 N–H and O–H groups in total. The molecule has 0 unspecified atom stereocenters. The highest BCUT2D eigenvalue weighted by Crippen LogP contribution is 2.40. The molecule has 0 atom stereocenters. The quantitative estimate of drug-likeness (QED) is 0.266. The summed E-state index contributed by atoms with van der Waals surface area (Å²) in [5.41, 5.74) is 2.42. The molecule has 38 heavy (non-hydrogen) atoms. The molecule has 4 rings (SSSR count). The summed E-state index contributed by atoms with van der Waals surface area (Å²) in [6.45, 7) is 5.70. The van der Waals surface area contributed by atoms with Crippen molar-refractivity contribution in [3.05, 3.63) is 95.3 Å². The molecule has 0 heterocycles. The third kappa shape index (κ3) is 7.62. The summed E-state index contributed by atoms with van der Waals surface area (Å²) in [5, 5.41) is 0. The molecule has 2 aliphatic carbocycles. The largest absolute Gasteiger partial charge is 0.386 e. The van der Waals surface area contributed by atoms with Crippen molar-refractivity contribution < 1.29 is 17.9 Å². The van der Waals surface area contributed by atoms with Gasteiger partial charge in [-0.3, -0.25) is 0 Å². The minimum Gasteiger partial charge on any atom is -0.316 e. The summed E-state index contributed by atoms with van der Waals surface area (Å²) in [7, 11) is 0. The van der Waals surface area contributed by atoms with Gasteiger partial charge in [0.25, 0.3) is 0 Å². The van der Waals surface area contributed by atoms with Crippen LogP contribution in [0.4, 0.5) is 13.2 Å². The first-order valence-corrected chi connectivity index (χ1v) is 14.5. The second-order valence-corrected chi connectivity index (χ2v) is 11.3. The van der Waals surface area contributed by atoms with E-state index in [0.29, 0.717) is 24.2 Å². The fraction of sp³-hybridized carbons (Fsp3) is 0.529. The number of hydrogen-bond acceptors (Lipinski definition) is 1. The zero-order valence-corrected chi connectivity index (χ0v) is 22.8. The van der Waals surface area contributed by atoms with Crippen LogP contribution in [0.2, 0.25) is 0 Å². The lowest BCUT2D eigenvalue weighted by Gasteiger charge is -2.29. The molecule has 2 aromatic rings. The van der Waals surface area contributed by atoms with Crippen LogP contribution in [0.15, 0.2) is 67.3 Å². The Morgan fingerprint density at radius 1 is 0.895 bits per heavy atom. The molecule has 0 aromatic heterocycles. The van der Waals surface area contributed by atoms with Crippen LogP contribution >= 0.6 is 0 Å². The molecule has 206 valence electrons. The first kappa shape index (κ1) is 28.7. The van der Waals surface area contributed by atoms with Gasteiger partial charge in [-0.15, -0.1) is 6.58 Å². The minimum absolute atomic E-state index is 0.170. The van der Waals surface area contributed by atoms with Crippen LogP contribution in [0, 0.1) is 17.7 Å². The Balaban J connectivity index is 1.26. The van der Waals surface area contributed by atoms with Crippen LogP contribution in [0.5, 0.6) is 0 Å².